The number of carbonyl (C=O) groups excluding carboxylic acids is 1. The predicted octanol–water partition coefficient (Wildman–Crippen LogP) is 1.88. The number of nitrogens with two attached hydrogens (primary N) is 3. The second-order valence-corrected chi connectivity index (χ2v) is 6.33. The molecule has 0 saturated heterocycles. The molecule has 1 aliphatic heterocycles. The average Bonchev–Trinajstić information content (AvgIpc) is 2.53. The zero-order valence-corrected chi connectivity index (χ0v) is 14.4. The lowest BCUT2D eigenvalue weighted by molar-refractivity contribution is 0.0740. The summed E-state index contributed by atoms with van der Waals surface area (Å²) in [5.74, 6) is -0.541. The van der Waals surface area contributed by atoms with Crippen molar-refractivity contribution < 1.29 is 9.18 Å². The number of nitrogen functional groups attached to an aromatic ring is 1. The number of benzene rings is 1. The molecule has 7 nitrogen and oxygen atoms in total. The summed E-state index contributed by atoms with van der Waals surface area (Å²) in [5, 5.41) is 3.17. The number of nitrogens with one attached hydrogen (secondary N) is 1. The van der Waals surface area contributed by atoms with Crippen LogP contribution in [0.1, 0.15) is 28.9 Å². The fraction of sp³-hybridized carbons (Fsp3) is 0.250. The second kappa shape index (κ2) is 6.14. The van der Waals surface area contributed by atoms with Gasteiger partial charge >= 0.3 is 0 Å². The fourth-order valence-electron chi connectivity index (χ4n) is 2.90. The summed E-state index contributed by atoms with van der Waals surface area (Å²) in [5.41, 5.74) is 19.3. The molecule has 0 fully saturated rings. The highest BCUT2D eigenvalue weighted by Crippen LogP contribution is 2.42. The van der Waals surface area contributed by atoms with Crippen LogP contribution in [0.5, 0.6) is 0 Å². The molecular formula is C16H18ClFN6O. The smallest absolute Gasteiger partial charge is 0.260 e. The van der Waals surface area contributed by atoms with Gasteiger partial charge in [0.1, 0.15) is 17.5 Å². The molecule has 2 atom stereocenters. The lowest BCUT2D eigenvalue weighted by Crippen LogP contribution is -2.52. The highest BCUT2D eigenvalue weighted by atomic mass is 35.5. The molecule has 0 radical (unpaired) electrons. The largest absolute Gasteiger partial charge is 0.383 e. The Balaban J connectivity index is 2.43. The van der Waals surface area contributed by atoms with Crippen LogP contribution in [0.25, 0.3) is 11.1 Å². The van der Waals surface area contributed by atoms with Crippen molar-refractivity contribution >= 4 is 29.1 Å². The fourth-order valence-corrected chi connectivity index (χ4v) is 3.11. The van der Waals surface area contributed by atoms with E-state index in [0.717, 1.165) is 0 Å². The lowest BCUT2D eigenvalue weighted by atomic mass is 9.90. The minimum atomic E-state index is -0.760. The van der Waals surface area contributed by atoms with Crippen LogP contribution in [0.3, 0.4) is 0 Å². The molecule has 132 valence electrons. The third kappa shape index (κ3) is 2.78. The zero-order valence-electron chi connectivity index (χ0n) is 13.7. The molecule has 0 aliphatic carbocycles. The molecule has 7 N–H and O–H groups in total. The third-order valence-corrected chi connectivity index (χ3v) is 4.48. The van der Waals surface area contributed by atoms with E-state index in [2.05, 4.69) is 10.3 Å². The number of rotatable bonds is 2. The molecule has 0 spiro atoms. The van der Waals surface area contributed by atoms with E-state index >= 15 is 0 Å². The van der Waals surface area contributed by atoms with Gasteiger partial charge in [-0.15, -0.1) is 0 Å². The summed E-state index contributed by atoms with van der Waals surface area (Å²) in [6, 6.07) is 3.33. The Morgan fingerprint density at radius 1 is 1.40 bits per heavy atom. The number of aromatic nitrogens is 1. The van der Waals surface area contributed by atoms with Crippen molar-refractivity contribution in [1.29, 1.82) is 0 Å². The van der Waals surface area contributed by atoms with Crippen molar-refractivity contribution in [3.63, 3.8) is 0 Å². The van der Waals surface area contributed by atoms with Crippen LogP contribution in [0.4, 0.5) is 16.0 Å². The normalized spacial score (nSPS) is 17.9. The van der Waals surface area contributed by atoms with E-state index in [-0.39, 0.29) is 28.1 Å². The first-order valence-corrected chi connectivity index (χ1v) is 7.93. The quantitative estimate of drug-likeness (QED) is 0.645. The summed E-state index contributed by atoms with van der Waals surface area (Å²) < 4.78 is 13.9. The Bertz CT molecular complexity index is 872. The average molecular weight is 365 g/mol. The minimum absolute atomic E-state index is 0.126. The predicted molar refractivity (Wildman–Crippen MR) is 95.3 cm³/mol. The number of anilines is 2. The first-order chi connectivity index (χ1) is 11.7. The molecule has 1 aromatic heterocycles. The van der Waals surface area contributed by atoms with Crippen LogP contribution in [0.15, 0.2) is 18.2 Å². The number of halogens is 2. The van der Waals surface area contributed by atoms with E-state index in [1.807, 2.05) is 0 Å². The van der Waals surface area contributed by atoms with E-state index in [9.17, 15) is 9.18 Å². The molecule has 0 saturated carbocycles. The molecule has 25 heavy (non-hydrogen) atoms. The lowest BCUT2D eigenvalue weighted by Gasteiger charge is -2.34. The van der Waals surface area contributed by atoms with Gasteiger partial charge in [-0.2, -0.15) is 0 Å². The third-order valence-electron chi connectivity index (χ3n) is 4.15. The first kappa shape index (κ1) is 17.4. The summed E-state index contributed by atoms with van der Waals surface area (Å²) >= 11 is 6.28. The number of hydrogen-bond donors (Lipinski definition) is 4. The molecule has 0 bridgehead atoms. The van der Waals surface area contributed by atoms with Gasteiger partial charge in [-0.05, 0) is 25.1 Å². The van der Waals surface area contributed by atoms with Crippen molar-refractivity contribution in [3.05, 3.63) is 40.2 Å². The molecule has 2 aromatic rings. The van der Waals surface area contributed by atoms with Crippen molar-refractivity contribution in [3.8, 4) is 11.1 Å². The second-order valence-electron chi connectivity index (χ2n) is 5.93. The van der Waals surface area contributed by atoms with E-state index < -0.39 is 18.1 Å². The number of carbonyl (C=O) groups is 1. The molecule has 1 aliphatic rings. The summed E-state index contributed by atoms with van der Waals surface area (Å²) in [6.07, 6.45) is -0.760. The molecule has 2 heterocycles. The highest BCUT2D eigenvalue weighted by molar-refractivity contribution is 6.33. The van der Waals surface area contributed by atoms with Gasteiger partial charge in [0, 0.05) is 34.8 Å². The summed E-state index contributed by atoms with van der Waals surface area (Å²) in [7, 11) is 1.54. The monoisotopic (exact) mass is 364 g/mol. The standard InChI is InChI=1S/C16H18ClFN6O/c1-6(19)10-11(8-5-7(18)3-4-9(8)17)12-14(22-13(10)20)23-16(21)24(2)15(12)25/h3-6,16H,19,21H2,1-2H3,(H3,20,22,23). The maximum Gasteiger partial charge on any atom is 0.260 e. The van der Waals surface area contributed by atoms with Crippen LogP contribution in [-0.4, -0.2) is 29.1 Å². The topological polar surface area (TPSA) is 123 Å². The number of nitrogens with zero attached hydrogens (tertiary/aromatic N) is 2. The van der Waals surface area contributed by atoms with Gasteiger partial charge in [-0.3, -0.25) is 10.5 Å². The number of pyridine rings is 1. The molecule has 3 rings (SSSR count). The first-order valence-electron chi connectivity index (χ1n) is 7.56. The summed E-state index contributed by atoms with van der Waals surface area (Å²) in [4.78, 5) is 18.4. The van der Waals surface area contributed by atoms with Gasteiger partial charge in [-0.1, -0.05) is 11.6 Å². The van der Waals surface area contributed by atoms with Crippen LogP contribution in [-0.2, 0) is 0 Å². The molecule has 9 heteroatoms. The SMILES string of the molecule is CC(N)c1c(N)nc2c(c1-c1cc(F)ccc1Cl)C(=O)N(C)C(N)N2. The van der Waals surface area contributed by atoms with Crippen LogP contribution >= 0.6 is 11.6 Å². The van der Waals surface area contributed by atoms with Crippen LogP contribution in [0.2, 0.25) is 5.02 Å². The Labute approximate surface area is 148 Å². The zero-order chi connectivity index (χ0) is 18.5. The highest BCUT2D eigenvalue weighted by Gasteiger charge is 2.34. The maximum absolute atomic E-state index is 13.9. The Morgan fingerprint density at radius 2 is 2.08 bits per heavy atom. The van der Waals surface area contributed by atoms with Gasteiger partial charge in [0.05, 0.1) is 5.56 Å². The van der Waals surface area contributed by atoms with E-state index in [1.54, 1.807) is 14.0 Å². The van der Waals surface area contributed by atoms with Crippen LogP contribution < -0.4 is 22.5 Å². The minimum Gasteiger partial charge on any atom is -0.383 e. The van der Waals surface area contributed by atoms with E-state index in [4.69, 9.17) is 28.8 Å². The number of fused-ring (bicyclic) bond motifs is 1. The van der Waals surface area contributed by atoms with Crippen molar-refractivity contribution in [2.45, 2.75) is 19.3 Å². The molecule has 1 amide bonds. The van der Waals surface area contributed by atoms with Gasteiger partial charge in [-0.25, -0.2) is 9.37 Å². The van der Waals surface area contributed by atoms with Crippen molar-refractivity contribution in [1.82, 2.24) is 9.88 Å². The van der Waals surface area contributed by atoms with Crippen LogP contribution in [0, 0.1) is 5.82 Å². The van der Waals surface area contributed by atoms with Gasteiger partial charge in [0.2, 0.25) is 0 Å². The molecular weight excluding hydrogens is 347 g/mol. The maximum atomic E-state index is 13.9. The Morgan fingerprint density at radius 3 is 2.72 bits per heavy atom. The van der Waals surface area contributed by atoms with Gasteiger partial charge in [0.25, 0.3) is 5.91 Å². The Hall–Kier alpha value is -2.42. The molecule has 1 aromatic carbocycles. The summed E-state index contributed by atoms with van der Waals surface area (Å²) in [6.45, 7) is 1.70. The number of amides is 1. The number of hydrogen-bond acceptors (Lipinski definition) is 6. The van der Waals surface area contributed by atoms with Gasteiger partial charge < -0.3 is 21.7 Å². The van der Waals surface area contributed by atoms with E-state index in [0.29, 0.717) is 16.7 Å². The van der Waals surface area contributed by atoms with E-state index in [1.165, 1.54) is 23.1 Å². The van der Waals surface area contributed by atoms with Gasteiger partial charge in [0.15, 0.2) is 6.29 Å². The van der Waals surface area contributed by atoms with Crippen molar-refractivity contribution in [2.75, 3.05) is 18.1 Å². The Kier molecular flexibility index (Phi) is 4.28. The van der Waals surface area contributed by atoms with Crippen molar-refractivity contribution in [2.24, 2.45) is 11.5 Å². The molecule has 2 unspecified atom stereocenters.